The SMILES string of the molecule is CN(C(=O)O)C(CC(=O)NNC(=O)[C@@H]1CC[C@@H]2CN1C(=O)N2OCc1ccccc1)C(C)(C)C. The van der Waals surface area contributed by atoms with Crippen molar-refractivity contribution in [1.82, 2.24) is 25.7 Å². The second kappa shape index (κ2) is 10.3. The number of rotatable bonds is 7. The van der Waals surface area contributed by atoms with E-state index >= 15 is 0 Å². The van der Waals surface area contributed by atoms with Crippen molar-refractivity contribution < 1.29 is 29.1 Å². The van der Waals surface area contributed by atoms with Crippen LogP contribution in [0.25, 0.3) is 0 Å². The standard InChI is InChI=1S/C23H33N5O6/c1-23(2,3)18(26(4)22(32)33)12-19(29)24-25-20(30)17-11-10-16-13-27(17)21(31)28(16)34-14-15-8-6-5-7-9-15/h5-9,16-18H,10-14H2,1-4H3,(H,24,29)(H,25,30)(H,32,33)/t16-,17+,18?/m1/s1. The van der Waals surface area contributed by atoms with E-state index in [0.29, 0.717) is 19.4 Å². The van der Waals surface area contributed by atoms with Gasteiger partial charge in [-0.2, -0.15) is 5.06 Å². The van der Waals surface area contributed by atoms with Gasteiger partial charge >= 0.3 is 12.1 Å². The fraction of sp³-hybridized carbons (Fsp3) is 0.565. The van der Waals surface area contributed by atoms with Crippen LogP contribution in [0, 0.1) is 5.41 Å². The fourth-order valence-corrected chi connectivity index (χ4v) is 4.39. The van der Waals surface area contributed by atoms with Gasteiger partial charge in [-0.1, -0.05) is 51.1 Å². The van der Waals surface area contributed by atoms with Crippen molar-refractivity contribution in [2.24, 2.45) is 5.41 Å². The minimum atomic E-state index is -1.14. The van der Waals surface area contributed by atoms with Crippen molar-refractivity contribution in [2.75, 3.05) is 13.6 Å². The van der Waals surface area contributed by atoms with E-state index in [1.807, 2.05) is 51.1 Å². The van der Waals surface area contributed by atoms with Crippen LogP contribution in [0.1, 0.15) is 45.6 Å². The molecule has 0 spiro atoms. The molecule has 2 heterocycles. The molecule has 1 aromatic carbocycles. The molecule has 2 aliphatic rings. The van der Waals surface area contributed by atoms with E-state index in [4.69, 9.17) is 4.84 Å². The first kappa shape index (κ1) is 25.3. The molecule has 5 amide bonds. The van der Waals surface area contributed by atoms with Crippen molar-refractivity contribution in [1.29, 1.82) is 0 Å². The summed E-state index contributed by atoms with van der Waals surface area (Å²) >= 11 is 0. The molecule has 34 heavy (non-hydrogen) atoms. The highest BCUT2D eigenvalue weighted by molar-refractivity contribution is 5.90. The third kappa shape index (κ3) is 5.77. The Morgan fingerprint density at radius 1 is 1.18 bits per heavy atom. The summed E-state index contributed by atoms with van der Waals surface area (Å²) in [5.41, 5.74) is 5.21. The van der Waals surface area contributed by atoms with Crippen LogP contribution < -0.4 is 10.9 Å². The van der Waals surface area contributed by atoms with Crippen LogP contribution >= 0.6 is 0 Å². The summed E-state index contributed by atoms with van der Waals surface area (Å²) in [5, 5.41) is 10.6. The molecule has 3 N–H and O–H groups in total. The number of hydrogen-bond donors (Lipinski definition) is 3. The lowest BCUT2D eigenvalue weighted by Crippen LogP contribution is -2.55. The normalized spacial score (nSPS) is 20.6. The van der Waals surface area contributed by atoms with Crippen LogP contribution in [0.5, 0.6) is 0 Å². The van der Waals surface area contributed by atoms with Crippen molar-refractivity contribution in [2.45, 2.75) is 64.8 Å². The number of benzene rings is 1. The topological polar surface area (TPSA) is 132 Å². The molecule has 1 unspecified atom stereocenters. The molecule has 0 aromatic heterocycles. The number of fused-ring (bicyclic) bond motifs is 2. The second-order valence-electron chi connectivity index (χ2n) is 9.78. The summed E-state index contributed by atoms with van der Waals surface area (Å²) in [7, 11) is 1.41. The van der Waals surface area contributed by atoms with E-state index in [1.165, 1.54) is 17.0 Å². The Morgan fingerprint density at radius 2 is 1.85 bits per heavy atom. The highest BCUT2D eigenvalue weighted by Crippen LogP contribution is 2.30. The number of hydrogen-bond acceptors (Lipinski definition) is 5. The van der Waals surface area contributed by atoms with Gasteiger partial charge in [0.15, 0.2) is 0 Å². The summed E-state index contributed by atoms with van der Waals surface area (Å²) < 4.78 is 0. The summed E-state index contributed by atoms with van der Waals surface area (Å²) in [6, 6.07) is 7.68. The quantitative estimate of drug-likeness (QED) is 0.517. The summed E-state index contributed by atoms with van der Waals surface area (Å²) in [6.07, 6.45) is -0.225. The molecule has 0 aliphatic carbocycles. The Bertz CT molecular complexity index is 918. The average Bonchev–Trinajstić information content (AvgIpc) is 3.03. The van der Waals surface area contributed by atoms with E-state index in [0.717, 1.165) is 10.5 Å². The zero-order valence-corrected chi connectivity index (χ0v) is 20.0. The van der Waals surface area contributed by atoms with Crippen molar-refractivity contribution in [3.63, 3.8) is 0 Å². The minimum Gasteiger partial charge on any atom is -0.465 e. The predicted octanol–water partition coefficient (Wildman–Crippen LogP) is 1.95. The van der Waals surface area contributed by atoms with Crippen LogP contribution in [0.2, 0.25) is 0 Å². The lowest BCUT2D eigenvalue weighted by Gasteiger charge is -2.36. The van der Waals surface area contributed by atoms with Crippen LogP contribution in [-0.2, 0) is 21.0 Å². The number of hydrazine groups is 1. The van der Waals surface area contributed by atoms with Crippen LogP contribution in [-0.4, -0.2) is 75.6 Å². The largest absolute Gasteiger partial charge is 0.465 e. The highest BCUT2D eigenvalue weighted by atomic mass is 16.7. The Hall–Kier alpha value is -3.34. The molecule has 11 nitrogen and oxygen atoms in total. The highest BCUT2D eigenvalue weighted by Gasteiger charge is 2.48. The number of hydroxylamine groups is 2. The number of amides is 5. The Balaban J connectivity index is 1.53. The molecule has 0 radical (unpaired) electrons. The van der Waals surface area contributed by atoms with Gasteiger partial charge in [-0.15, -0.1) is 0 Å². The molecular formula is C23H33N5O6. The number of carboxylic acid groups (broad SMARTS) is 1. The van der Waals surface area contributed by atoms with Gasteiger partial charge < -0.3 is 14.9 Å². The lowest BCUT2D eigenvalue weighted by atomic mass is 9.84. The minimum absolute atomic E-state index is 0.122. The molecule has 2 aliphatic heterocycles. The zero-order valence-electron chi connectivity index (χ0n) is 20.0. The number of nitrogens with one attached hydrogen (secondary N) is 2. The van der Waals surface area contributed by atoms with Gasteiger partial charge in [0.05, 0.1) is 6.04 Å². The third-order valence-electron chi connectivity index (χ3n) is 6.31. The molecule has 0 saturated carbocycles. The monoisotopic (exact) mass is 475 g/mol. The fourth-order valence-electron chi connectivity index (χ4n) is 4.39. The van der Waals surface area contributed by atoms with Gasteiger partial charge in [-0.05, 0) is 23.8 Å². The van der Waals surface area contributed by atoms with Crippen LogP contribution in [0.15, 0.2) is 30.3 Å². The molecule has 3 rings (SSSR count). The van der Waals surface area contributed by atoms with Crippen molar-refractivity contribution in [3.05, 3.63) is 35.9 Å². The van der Waals surface area contributed by atoms with Gasteiger partial charge in [-0.3, -0.25) is 25.3 Å². The van der Waals surface area contributed by atoms with Gasteiger partial charge in [0, 0.05) is 26.1 Å². The number of nitrogens with zero attached hydrogens (tertiary/aromatic N) is 3. The maximum absolute atomic E-state index is 12.9. The first-order valence-corrected chi connectivity index (χ1v) is 11.3. The van der Waals surface area contributed by atoms with Gasteiger partial charge in [0.2, 0.25) is 5.91 Å². The smallest absolute Gasteiger partial charge is 0.407 e. The van der Waals surface area contributed by atoms with Gasteiger partial charge in [0.1, 0.15) is 12.6 Å². The van der Waals surface area contributed by atoms with Crippen LogP contribution in [0.4, 0.5) is 9.59 Å². The van der Waals surface area contributed by atoms with E-state index in [1.54, 1.807) is 0 Å². The zero-order chi connectivity index (χ0) is 25.0. The first-order chi connectivity index (χ1) is 16.0. The third-order valence-corrected chi connectivity index (χ3v) is 6.31. The molecule has 2 saturated heterocycles. The van der Waals surface area contributed by atoms with Crippen molar-refractivity contribution >= 4 is 23.9 Å². The number of carbonyl (C=O) groups excluding carboxylic acids is 3. The Kier molecular flexibility index (Phi) is 7.65. The van der Waals surface area contributed by atoms with E-state index < -0.39 is 35.4 Å². The molecule has 186 valence electrons. The van der Waals surface area contributed by atoms with E-state index in [-0.39, 0.29) is 25.1 Å². The predicted molar refractivity (Wildman–Crippen MR) is 122 cm³/mol. The molecule has 1 aromatic rings. The molecular weight excluding hydrogens is 442 g/mol. The summed E-state index contributed by atoms with van der Waals surface area (Å²) in [5.74, 6) is -1.01. The maximum atomic E-state index is 12.9. The molecule has 11 heteroatoms. The number of urea groups is 1. The van der Waals surface area contributed by atoms with E-state index in [9.17, 15) is 24.3 Å². The Labute approximate surface area is 198 Å². The maximum Gasteiger partial charge on any atom is 0.407 e. The number of carbonyl (C=O) groups is 4. The van der Waals surface area contributed by atoms with Crippen LogP contribution in [0.3, 0.4) is 0 Å². The van der Waals surface area contributed by atoms with Gasteiger partial charge in [0.25, 0.3) is 5.91 Å². The lowest BCUT2D eigenvalue weighted by molar-refractivity contribution is -0.140. The van der Waals surface area contributed by atoms with Gasteiger partial charge in [-0.25, -0.2) is 9.59 Å². The first-order valence-electron chi connectivity index (χ1n) is 11.3. The van der Waals surface area contributed by atoms with E-state index in [2.05, 4.69) is 10.9 Å². The Morgan fingerprint density at radius 3 is 2.47 bits per heavy atom. The average molecular weight is 476 g/mol. The van der Waals surface area contributed by atoms with Crippen molar-refractivity contribution in [3.8, 4) is 0 Å². The summed E-state index contributed by atoms with van der Waals surface area (Å²) in [4.78, 5) is 57.7. The summed E-state index contributed by atoms with van der Waals surface area (Å²) in [6.45, 7) is 6.14. The molecule has 2 bridgehead atoms. The molecule has 2 fully saturated rings. The molecule has 3 atom stereocenters. The number of piperidine rings is 1. The second-order valence-corrected chi connectivity index (χ2v) is 9.78.